The van der Waals surface area contributed by atoms with Crippen LogP contribution in [0.25, 0.3) is 0 Å². The molecule has 0 aliphatic carbocycles. The summed E-state index contributed by atoms with van der Waals surface area (Å²) in [5.41, 5.74) is 5.71. The van der Waals surface area contributed by atoms with Gasteiger partial charge in [-0.1, -0.05) is 38.1 Å². The molecule has 2 aromatic carbocycles. The second kappa shape index (κ2) is 7.82. The topological polar surface area (TPSA) is 41.1 Å². The molecule has 0 aliphatic heterocycles. The first-order chi connectivity index (χ1) is 11.0. The maximum atomic E-state index is 12.0. The van der Waals surface area contributed by atoms with Gasteiger partial charge < -0.3 is 10.6 Å². The highest BCUT2D eigenvalue weighted by molar-refractivity contribution is 5.91. The van der Waals surface area contributed by atoms with Crippen LogP contribution in [0.2, 0.25) is 0 Å². The van der Waals surface area contributed by atoms with Crippen molar-refractivity contribution in [2.75, 3.05) is 17.2 Å². The van der Waals surface area contributed by atoms with E-state index in [1.54, 1.807) is 0 Å². The highest BCUT2D eigenvalue weighted by atomic mass is 16.1. The number of hydrogen-bond donors (Lipinski definition) is 2. The molecule has 0 saturated heterocycles. The van der Waals surface area contributed by atoms with Crippen LogP contribution in [0.5, 0.6) is 0 Å². The molecule has 3 nitrogen and oxygen atoms in total. The van der Waals surface area contributed by atoms with E-state index in [4.69, 9.17) is 0 Å². The number of amides is 1. The van der Waals surface area contributed by atoms with Crippen LogP contribution in [-0.4, -0.2) is 12.5 Å². The largest absolute Gasteiger partial charge is 0.384 e. The molecule has 2 rings (SSSR count). The zero-order chi connectivity index (χ0) is 16.8. The smallest absolute Gasteiger partial charge is 0.226 e. The highest BCUT2D eigenvalue weighted by Crippen LogP contribution is 2.18. The number of carbonyl (C=O) groups is 1. The summed E-state index contributed by atoms with van der Waals surface area (Å²) in [5.74, 6) is 0.529. The van der Waals surface area contributed by atoms with Crippen LogP contribution < -0.4 is 10.6 Å². The normalized spacial score (nSPS) is 10.7. The number of anilines is 2. The number of rotatable bonds is 6. The van der Waals surface area contributed by atoms with Crippen LogP contribution in [0.3, 0.4) is 0 Å². The molecule has 2 aromatic rings. The average Bonchev–Trinajstić information content (AvgIpc) is 2.52. The molecule has 122 valence electrons. The summed E-state index contributed by atoms with van der Waals surface area (Å²) >= 11 is 0. The van der Waals surface area contributed by atoms with Crippen molar-refractivity contribution in [1.29, 1.82) is 0 Å². The lowest BCUT2D eigenvalue weighted by molar-refractivity contribution is -0.115. The Hall–Kier alpha value is -2.29. The summed E-state index contributed by atoms with van der Waals surface area (Å²) in [6.07, 6.45) is 0.444. The van der Waals surface area contributed by atoms with Crippen molar-refractivity contribution in [2.24, 2.45) is 0 Å². The van der Waals surface area contributed by atoms with Crippen LogP contribution >= 0.6 is 0 Å². The van der Waals surface area contributed by atoms with E-state index < -0.39 is 0 Å². The predicted molar refractivity (Wildman–Crippen MR) is 98.2 cm³/mol. The minimum absolute atomic E-state index is 0.0279. The van der Waals surface area contributed by atoms with Crippen LogP contribution in [-0.2, 0) is 4.79 Å². The van der Waals surface area contributed by atoms with E-state index in [9.17, 15) is 4.79 Å². The monoisotopic (exact) mass is 310 g/mol. The third-order valence-electron chi connectivity index (χ3n) is 4.13. The average molecular weight is 310 g/mol. The molecular weight excluding hydrogens is 284 g/mol. The molecule has 23 heavy (non-hydrogen) atoms. The number of aryl methyl sites for hydroxylation is 1. The summed E-state index contributed by atoms with van der Waals surface area (Å²) in [7, 11) is 0. The molecule has 0 heterocycles. The van der Waals surface area contributed by atoms with E-state index in [2.05, 4.69) is 56.5 Å². The van der Waals surface area contributed by atoms with Crippen LogP contribution in [0.4, 0.5) is 11.4 Å². The Morgan fingerprint density at radius 3 is 2.39 bits per heavy atom. The molecule has 0 atom stereocenters. The lowest BCUT2D eigenvalue weighted by atomic mass is 10.0. The summed E-state index contributed by atoms with van der Waals surface area (Å²) < 4.78 is 0. The van der Waals surface area contributed by atoms with Gasteiger partial charge in [-0.15, -0.1) is 0 Å². The van der Waals surface area contributed by atoms with Crippen molar-refractivity contribution in [2.45, 2.75) is 40.0 Å². The maximum absolute atomic E-state index is 12.0. The number of nitrogens with one attached hydrogen (secondary N) is 2. The Kier molecular flexibility index (Phi) is 5.80. The predicted octanol–water partition coefficient (Wildman–Crippen LogP) is 4.87. The van der Waals surface area contributed by atoms with Crippen LogP contribution in [0, 0.1) is 13.8 Å². The molecule has 0 unspecified atom stereocenters. The Morgan fingerprint density at radius 2 is 1.74 bits per heavy atom. The maximum Gasteiger partial charge on any atom is 0.226 e. The van der Waals surface area contributed by atoms with Gasteiger partial charge in [-0.25, -0.2) is 0 Å². The Morgan fingerprint density at radius 1 is 1.04 bits per heavy atom. The van der Waals surface area contributed by atoms with Gasteiger partial charge in [-0.3, -0.25) is 4.79 Å². The fourth-order valence-electron chi connectivity index (χ4n) is 2.43. The third-order valence-corrected chi connectivity index (χ3v) is 4.13. The Labute approximate surface area is 139 Å². The van der Waals surface area contributed by atoms with Crippen molar-refractivity contribution in [3.05, 3.63) is 59.2 Å². The molecule has 0 saturated carbocycles. The van der Waals surface area contributed by atoms with Gasteiger partial charge in [0.1, 0.15) is 0 Å². The second-order valence-electron chi connectivity index (χ2n) is 6.25. The first-order valence-electron chi connectivity index (χ1n) is 8.17. The van der Waals surface area contributed by atoms with Gasteiger partial charge in [0.05, 0.1) is 0 Å². The molecule has 2 N–H and O–H groups in total. The molecule has 1 amide bonds. The third kappa shape index (κ3) is 4.85. The zero-order valence-corrected chi connectivity index (χ0v) is 14.4. The molecule has 0 spiro atoms. The quantitative estimate of drug-likeness (QED) is 0.799. The summed E-state index contributed by atoms with van der Waals surface area (Å²) in [5, 5.41) is 6.28. The van der Waals surface area contributed by atoms with E-state index in [1.165, 1.54) is 16.7 Å². The summed E-state index contributed by atoms with van der Waals surface area (Å²) in [6.45, 7) is 9.13. The molecule has 3 heteroatoms. The Bertz CT molecular complexity index is 660. The minimum atomic E-state index is 0.0279. The van der Waals surface area contributed by atoms with Gasteiger partial charge in [-0.05, 0) is 54.7 Å². The van der Waals surface area contributed by atoms with Crippen molar-refractivity contribution in [1.82, 2.24) is 0 Å². The molecule has 0 bridgehead atoms. The van der Waals surface area contributed by atoms with Crippen LogP contribution in [0.15, 0.2) is 42.5 Å². The van der Waals surface area contributed by atoms with Gasteiger partial charge in [0, 0.05) is 24.3 Å². The molecule has 0 radical (unpaired) electrons. The standard InChI is InChI=1S/C20H26N2O/c1-14(2)17-8-10-18(11-9-17)22-20(23)12-13-21-19-7-5-6-15(3)16(19)4/h5-11,14,21H,12-13H2,1-4H3,(H,22,23). The lowest BCUT2D eigenvalue weighted by Crippen LogP contribution is -2.16. The Balaban J connectivity index is 1.82. The van der Waals surface area contributed by atoms with Gasteiger partial charge in [0.15, 0.2) is 0 Å². The van der Waals surface area contributed by atoms with E-state index in [0.717, 1.165) is 11.4 Å². The van der Waals surface area contributed by atoms with Crippen molar-refractivity contribution in [3.63, 3.8) is 0 Å². The van der Waals surface area contributed by atoms with Gasteiger partial charge in [0.25, 0.3) is 0 Å². The first-order valence-corrected chi connectivity index (χ1v) is 8.17. The molecule has 0 aromatic heterocycles. The fourth-order valence-corrected chi connectivity index (χ4v) is 2.43. The van der Waals surface area contributed by atoms with E-state index in [-0.39, 0.29) is 5.91 Å². The molecule has 0 aliphatic rings. The summed E-state index contributed by atoms with van der Waals surface area (Å²) in [4.78, 5) is 12.0. The van der Waals surface area contributed by atoms with Crippen molar-refractivity contribution >= 4 is 17.3 Å². The number of carbonyl (C=O) groups excluding carboxylic acids is 1. The van der Waals surface area contributed by atoms with Gasteiger partial charge >= 0.3 is 0 Å². The molecular formula is C20H26N2O. The van der Waals surface area contributed by atoms with Gasteiger partial charge in [0.2, 0.25) is 5.91 Å². The second-order valence-corrected chi connectivity index (χ2v) is 6.25. The first kappa shape index (κ1) is 17.1. The van der Waals surface area contributed by atoms with Gasteiger partial charge in [-0.2, -0.15) is 0 Å². The fraction of sp³-hybridized carbons (Fsp3) is 0.350. The summed E-state index contributed by atoms with van der Waals surface area (Å²) in [6, 6.07) is 14.2. The van der Waals surface area contributed by atoms with E-state index >= 15 is 0 Å². The number of benzene rings is 2. The minimum Gasteiger partial charge on any atom is -0.384 e. The SMILES string of the molecule is Cc1cccc(NCCC(=O)Nc2ccc(C(C)C)cc2)c1C. The van der Waals surface area contributed by atoms with E-state index in [0.29, 0.717) is 18.9 Å². The highest BCUT2D eigenvalue weighted by Gasteiger charge is 2.05. The van der Waals surface area contributed by atoms with Crippen molar-refractivity contribution in [3.8, 4) is 0 Å². The number of hydrogen-bond acceptors (Lipinski definition) is 2. The van der Waals surface area contributed by atoms with Crippen LogP contribution in [0.1, 0.15) is 42.9 Å². The van der Waals surface area contributed by atoms with Crippen molar-refractivity contribution < 1.29 is 4.79 Å². The molecule has 0 fully saturated rings. The van der Waals surface area contributed by atoms with E-state index in [1.807, 2.05) is 24.3 Å². The zero-order valence-electron chi connectivity index (χ0n) is 14.4. The lowest BCUT2D eigenvalue weighted by Gasteiger charge is -2.12.